The van der Waals surface area contributed by atoms with Crippen LogP contribution in [0.15, 0.2) is 18.3 Å². The Hall–Kier alpha value is -1.09. The van der Waals surface area contributed by atoms with E-state index >= 15 is 0 Å². The minimum Gasteiger partial charge on any atom is -0.335 e. The Balaban J connectivity index is 1.76. The van der Waals surface area contributed by atoms with Gasteiger partial charge in [0.05, 0.1) is 5.56 Å². The number of hydrogen-bond donors (Lipinski definition) is 0. The molecule has 1 saturated carbocycles. The number of hydrogen-bond acceptors (Lipinski definition) is 2. The lowest BCUT2D eigenvalue weighted by molar-refractivity contribution is 0.0688. The monoisotopic (exact) mass is 278 g/mol. The van der Waals surface area contributed by atoms with Crippen LogP contribution in [-0.4, -0.2) is 28.4 Å². The topological polar surface area (TPSA) is 33.2 Å². The van der Waals surface area contributed by atoms with Gasteiger partial charge in [0.1, 0.15) is 5.15 Å². The third-order valence-electron chi connectivity index (χ3n) is 4.48. The summed E-state index contributed by atoms with van der Waals surface area (Å²) in [6.07, 6.45) is 9.11. The Morgan fingerprint density at radius 3 is 2.68 bits per heavy atom. The first-order valence-corrected chi connectivity index (χ1v) is 7.56. The van der Waals surface area contributed by atoms with Crippen molar-refractivity contribution in [2.45, 2.75) is 44.6 Å². The lowest BCUT2D eigenvalue weighted by atomic mass is 9.96. The third-order valence-corrected chi connectivity index (χ3v) is 4.70. The third kappa shape index (κ3) is 2.62. The summed E-state index contributed by atoms with van der Waals surface area (Å²) in [6.45, 7) is 0.891. The van der Waals surface area contributed by atoms with Crippen LogP contribution < -0.4 is 0 Å². The first-order chi connectivity index (χ1) is 9.25. The summed E-state index contributed by atoms with van der Waals surface area (Å²) >= 11 is 5.77. The predicted molar refractivity (Wildman–Crippen MR) is 75.3 cm³/mol. The molecule has 2 aliphatic rings. The van der Waals surface area contributed by atoms with E-state index in [4.69, 9.17) is 11.6 Å². The van der Waals surface area contributed by atoms with Gasteiger partial charge in [-0.1, -0.05) is 24.4 Å². The van der Waals surface area contributed by atoms with Gasteiger partial charge in [-0.05, 0) is 43.7 Å². The predicted octanol–water partition coefficient (Wildman–Crippen LogP) is 3.53. The number of amides is 1. The Labute approximate surface area is 119 Å². The van der Waals surface area contributed by atoms with E-state index in [0.717, 1.165) is 19.4 Å². The van der Waals surface area contributed by atoms with Crippen molar-refractivity contribution >= 4 is 17.5 Å². The fraction of sp³-hybridized carbons (Fsp3) is 0.600. The van der Waals surface area contributed by atoms with Gasteiger partial charge in [-0.3, -0.25) is 4.79 Å². The molecular formula is C15H19ClN2O. The number of pyridine rings is 1. The second-order valence-corrected chi connectivity index (χ2v) is 6.01. The van der Waals surface area contributed by atoms with Crippen LogP contribution in [0, 0.1) is 5.92 Å². The number of halogens is 1. The molecule has 2 fully saturated rings. The van der Waals surface area contributed by atoms with Crippen molar-refractivity contribution in [2.75, 3.05) is 6.54 Å². The zero-order valence-electron chi connectivity index (χ0n) is 11.0. The smallest absolute Gasteiger partial charge is 0.255 e. The second kappa shape index (κ2) is 5.49. The SMILES string of the molecule is O=C(c1ccc(Cl)nc1)N1CCCC1C1CCCC1. The number of rotatable bonds is 2. The molecule has 1 atom stereocenters. The number of likely N-dealkylation sites (tertiary alicyclic amines) is 1. The minimum atomic E-state index is 0.124. The van der Waals surface area contributed by atoms with Crippen LogP contribution in [0.4, 0.5) is 0 Å². The number of aromatic nitrogens is 1. The van der Waals surface area contributed by atoms with Crippen molar-refractivity contribution in [1.29, 1.82) is 0 Å². The molecule has 1 saturated heterocycles. The summed E-state index contributed by atoms with van der Waals surface area (Å²) in [5, 5.41) is 0.435. The standard InChI is InChI=1S/C15H19ClN2O/c16-14-8-7-12(10-17-14)15(19)18-9-3-6-13(18)11-4-1-2-5-11/h7-8,10-11,13H,1-6,9H2. The fourth-order valence-corrected chi connectivity index (χ4v) is 3.66. The van der Waals surface area contributed by atoms with Crippen molar-refractivity contribution in [1.82, 2.24) is 9.88 Å². The molecular weight excluding hydrogens is 260 g/mol. The van der Waals surface area contributed by atoms with E-state index in [0.29, 0.717) is 22.7 Å². The van der Waals surface area contributed by atoms with E-state index in [2.05, 4.69) is 9.88 Å². The van der Waals surface area contributed by atoms with Gasteiger partial charge in [-0.2, -0.15) is 0 Å². The largest absolute Gasteiger partial charge is 0.335 e. The molecule has 1 aliphatic carbocycles. The van der Waals surface area contributed by atoms with Crippen molar-refractivity contribution in [3.05, 3.63) is 29.0 Å². The van der Waals surface area contributed by atoms with Crippen molar-refractivity contribution in [2.24, 2.45) is 5.92 Å². The molecule has 0 aromatic carbocycles. The van der Waals surface area contributed by atoms with Gasteiger partial charge in [-0.25, -0.2) is 4.98 Å². The second-order valence-electron chi connectivity index (χ2n) is 5.62. The molecule has 1 aliphatic heterocycles. The number of nitrogens with zero attached hydrogens (tertiary/aromatic N) is 2. The van der Waals surface area contributed by atoms with Crippen molar-refractivity contribution in [3.8, 4) is 0 Å². The van der Waals surface area contributed by atoms with E-state index in [1.807, 2.05) is 0 Å². The Morgan fingerprint density at radius 2 is 2.00 bits per heavy atom. The molecule has 3 rings (SSSR count). The highest BCUT2D eigenvalue weighted by molar-refractivity contribution is 6.29. The Bertz CT molecular complexity index is 454. The van der Waals surface area contributed by atoms with Crippen LogP contribution in [0.3, 0.4) is 0 Å². The zero-order valence-corrected chi connectivity index (χ0v) is 11.8. The summed E-state index contributed by atoms with van der Waals surface area (Å²) in [5.41, 5.74) is 0.661. The maximum atomic E-state index is 12.6. The maximum Gasteiger partial charge on any atom is 0.255 e. The molecule has 1 aromatic rings. The summed E-state index contributed by atoms with van der Waals surface area (Å²) in [4.78, 5) is 18.7. The maximum absolute atomic E-state index is 12.6. The van der Waals surface area contributed by atoms with Crippen LogP contribution in [0.2, 0.25) is 5.15 Å². The summed E-state index contributed by atoms with van der Waals surface area (Å²) < 4.78 is 0. The number of carbonyl (C=O) groups is 1. The molecule has 0 radical (unpaired) electrons. The van der Waals surface area contributed by atoms with E-state index in [9.17, 15) is 4.79 Å². The molecule has 4 heteroatoms. The van der Waals surface area contributed by atoms with Crippen LogP contribution >= 0.6 is 11.6 Å². The summed E-state index contributed by atoms with van der Waals surface area (Å²) in [6, 6.07) is 3.92. The van der Waals surface area contributed by atoms with Crippen molar-refractivity contribution in [3.63, 3.8) is 0 Å². The average Bonchev–Trinajstić information content (AvgIpc) is 3.09. The van der Waals surface area contributed by atoms with Gasteiger partial charge in [0, 0.05) is 18.8 Å². The molecule has 1 aromatic heterocycles. The van der Waals surface area contributed by atoms with Gasteiger partial charge >= 0.3 is 0 Å². The van der Waals surface area contributed by atoms with E-state index < -0.39 is 0 Å². The van der Waals surface area contributed by atoms with Crippen molar-refractivity contribution < 1.29 is 4.79 Å². The Morgan fingerprint density at radius 1 is 1.21 bits per heavy atom. The van der Waals surface area contributed by atoms with Gasteiger partial charge in [-0.15, -0.1) is 0 Å². The first kappa shape index (κ1) is 12.9. The van der Waals surface area contributed by atoms with E-state index in [1.54, 1.807) is 18.3 Å². The van der Waals surface area contributed by atoms with Gasteiger partial charge in [0.25, 0.3) is 5.91 Å². The van der Waals surface area contributed by atoms with Gasteiger partial charge in [0.2, 0.25) is 0 Å². The molecule has 102 valence electrons. The number of carbonyl (C=O) groups excluding carboxylic acids is 1. The van der Waals surface area contributed by atoms with Crippen LogP contribution in [0.5, 0.6) is 0 Å². The lowest BCUT2D eigenvalue weighted by Gasteiger charge is -2.29. The molecule has 2 heterocycles. The van der Waals surface area contributed by atoms with E-state index in [1.165, 1.54) is 25.7 Å². The molecule has 1 amide bonds. The first-order valence-electron chi connectivity index (χ1n) is 7.18. The molecule has 0 spiro atoms. The summed E-state index contributed by atoms with van der Waals surface area (Å²) in [7, 11) is 0. The van der Waals surface area contributed by atoms with Gasteiger partial charge in [0.15, 0.2) is 0 Å². The molecule has 1 unspecified atom stereocenters. The zero-order chi connectivity index (χ0) is 13.2. The quantitative estimate of drug-likeness (QED) is 0.776. The highest BCUT2D eigenvalue weighted by atomic mass is 35.5. The highest BCUT2D eigenvalue weighted by Gasteiger charge is 2.36. The minimum absolute atomic E-state index is 0.124. The molecule has 0 N–H and O–H groups in total. The lowest BCUT2D eigenvalue weighted by Crippen LogP contribution is -2.39. The van der Waals surface area contributed by atoms with Crippen LogP contribution in [-0.2, 0) is 0 Å². The average molecular weight is 279 g/mol. The van der Waals surface area contributed by atoms with Crippen LogP contribution in [0.1, 0.15) is 48.9 Å². The molecule has 19 heavy (non-hydrogen) atoms. The normalized spacial score (nSPS) is 24.1. The molecule has 3 nitrogen and oxygen atoms in total. The van der Waals surface area contributed by atoms with E-state index in [-0.39, 0.29) is 5.91 Å². The Kier molecular flexibility index (Phi) is 3.74. The summed E-state index contributed by atoms with van der Waals surface area (Å²) in [5.74, 6) is 0.838. The molecule has 0 bridgehead atoms. The van der Waals surface area contributed by atoms with Gasteiger partial charge < -0.3 is 4.90 Å². The highest BCUT2D eigenvalue weighted by Crippen LogP contribution is 2.35. The fourth-order valence-electron chi connectivity index (χ4n) is 3.55. The van der Waals surface area contributed by atoms with Crippen LogP contribution in [0.25, 0.3) is 0 Å².